The van der Waals surface area contributed by atoms with Crippen molar-refractivity contribution in [3.63, 3.8) is 0 Å². The summed E-state index contributed by atoms with van der Waals surface area (Å²) in [4.78, 5) is 0. The maximum Gasteiger partial charge on any atom is 0.192 e. The van der Waals surface area contributed by atoms with Crippen LogP contribution in [0.3, 0.4) is 0 Å². The van der Waals surface area contributed by atoms with Gasteiger partial charge in [0.25, 0.3) is 0 Å². The van der Waals surface area contributed by atoms with E-state index in [1.165, 1.54) is 0 Å². The average Bonchev–Trinajstić information content (AvgIpc) is 2.60. The third-order valence-electron chi connectivity index (χ3n) is 4.38. The molecular weight excluding hydrogens is 243 g/mol. The topological polar surface area (TPSA) is 9.23 Å². The monoisotopic (exact) mass is 266 g/mol. The van der Waals surface area contributed by atoms with E-state index in [9.17, 15) is 4.39 Å². The Morgan fingerprint density at radius 1 is 1.28 bits per heavy atom. The lowest BCUT2D eigenvalue weighted by Gasteiger charge is -2.38. The van der Waals surface area contributed by atoms with Crippen LogP contribution in [0.4, 0.5) is 4.39 Å². The summed E-state index contributed by atoms with van der Waals surface area (Å²) >= 11 is 0. The number of aryl methyl sites for hydroxylation is 1. The van der Waals surface area contributed by atoms with Gasteiger partial charge in [-0.1, -0.05) is 32.9 Å². The van der Waals surface area contributed by atoms with Gasteiger partial charge in [-0.05, 0) is 42.6 Å². The first-order valence-corrected chi connectivity index (χ1v) is 9.58. The second-order valence-corrected chi connectivity index (χ2v) is 11.5. The molecule has 0 bridgehead atoms. The van der Waals surface area contributed by atoms with E-state index in [1.54, 1.807) is 12.1 Å². The first-order valence-electron chi connectivity index (χ1n) is 6.67. The zero-order valence-electron chi connectivity index (χ0n) is 12.0. The summed E-state index contributed by atoms with van der Waals surface area (Å²) in [6, 6.07) is 5.36. The zero-order valence-corrected chi connectivity index (χ0v) is 13.0. The molecule has 2 rings (SSSR count). The second-order valence-electron chi connectivity index (χ2n) is 6.72. The fourth-order valence-electron chi connectivity index (χ4n) is 2.24. The van der Waals surface area contributed by atoms with Crippen molar-refractivity contribution in [3.8, 4) is 0 Å². The fraction of sp³-hybridized carbons (Fsp3) is 0.600. The Labute approximate surface area is 110 Å². The summed E-state index contributed by atoms with van der Waals surface area (Å²) in [6.45, 7) is 11.1. The highest BCUT2D eigenvalue weighted by atomic mass is 28.4. The molecule has 0 saturated heterocycles. The van der Waals surface area contributed by atoms with Gasteiger partial charge in [-0.25, -0.2) is 4.39 Å². The summed E-state index contributed by atoms with van der Waals surface area (Å²) in [7, 11) is -1.83. The van der Waals surface area contributed by atoms with Gasteiger partial charge in [0.05, 0.1) is 6.10 Å². The summed E-state index contributed by atoms with van der Waals surface area (Å²) in [5, 5.41) is 0.168. The molecule has 1 aromatic carbocycles. The molecule has 0 N–H and O–H groups in total. The normalized spacial score (nSPS) is 20.0. The highest BCUT2D eigenvalue weighted by Gasteiger charge is 2.41. The van der Waals surface area contributed by atoms with Gasteiger partial charge in [-0.3, -0.25) is 0 Å². The molecule has 0 spiro atoms. The number of rotatable bonds is 2. The third-order valence-corrected chi connectivity index (χ3v) is 8.87. The zero-order chi connectivity index (χ0) is 13.6. The van der Waals surface area contributed by atoms with Crippen LogP contribution in [0.15, 0.2) is 18.2 Å². The highest BCUT2D eigenvalue weighted by molar-refractivity contribution is 6.74. The SMILES string of the molecule is CC(C)(C)[Si](C)(C)O[C@H]1CCc2cccc(F)c21. The Morgan fingerprint density at radius 3 is 2.56 bits per heavy atom. The number of halogens is 1. The molecule has 0 amide bonds. The van der Waals surface area contributed by atoms with E-state index in [0.717, 1.165) is 24.0 Å². The van der Waals surface area contributed by atoms with Crippen LogP contribution in [0.5, 0.6) is 0 Å². The molecule has 1 atom stereocenters. The molecule has 0 saturated carbocycles. The van der Waals surface area contributed by atoms with E-state index in [0.29, 0.717) is 0 Å². The van der Waals surface area contributed by atoms with Crippen molar-refractivity contribution in [1.29, 1.82) is 0 Å². The van der Waals surface area contributed by atoms with Gasteiger partial charge in [0.2, 0.25) is 0 Å². The minimum atomic E-state index is -1.83. The smallest absolute Gasteiger partial charge is 0.192 e. The summed E-state index contributed by atoms with van der Waals surface area (Å²) < 4.78 is 20.3. The molecular formula is C15H23FOSi. The Morgan fingerprint density at radius 2 is 1.94 bits per heavy atom. The molecule has 3 heteroatoms. The quantitative estimate of drug-likeness (QED) is 0.696. The van der Waals surface area contributed by atoms with Gasteiger partial charge in [0.15, 0.2) is 8.32 Å². The van der Waals surface area contributed by atoms with Gasteiger partial charge in [-0.2, -0.15) is 0 Å². The predicted octanol–water partition coefficient (Wildman–Crippen LogP) is 4.83. The number of hydrogen-bond donors (Lipinski definition) is 0. The van der Waals surface area contributed by atoms with Crippen molar-refractivity contribution in [1.82, 2.24) is 0 Å². The Bertz CT molecular complexity index is 448. The standard InChI is InChI=1S/C15H23FOSi/c1-15(2,3)18(4,5)17-13-10-9-11-7-6-8-12(16)14(11)13/h6-8,13H,9-10H2,1-5H3/t13-/m0/s1. The van der Waals surface area contributed by atoms with Crippen LogP contribution >= 0.6 is 0 Å². The average molecular weight is 266 g/mol. The Hall–Kier alpha value is -0.673. The van der Waals surface area contributed by atoms with E-state index in [2.05, 4.69) is 33.9 Å². The summed E-state index contributed by atoms with van der Waals surface area (Å²) in [6.07, 6.45) is 1.82. The molecule has 0 radical (unpaired) electrons. The van der Waals surface area contributed by atoms with E-state index >= 15 is 0 Å². The summed E-state index contributed by atoms with van der Waals surface area (Å²) in [5.74, 6) is -0.103. The molecule has 0 aromatic heterocycles. The van der Waals surface area contributed by atoms with Crippen LogP contribution in [0, 0.1) is 5.82 Å². The number of fused-ring (bicyclic) bond motifs is 1. The van der Waals surface area contributed by atoms with Crippen molar-refractivity contribution in [2.45, 2.75) is 57.8 Å². The van der Waals surface area contributed by atoms with Crippen LogP contribution in [0.2, 0.25) is 18.1 Å². The molecule has 100 valence electrons. The fourth-order valence-corrected chi connectivity index (χ4v) is 3.54. The van der Waals surface area contributed by atoms with Gasteiger partial charge in [-0.15, -0.1) is 0 Å². The van der Waals surface area contributed by atoms with Crippen LogP contribution < -0.4 is 0 Å². The molecule has 0 unspecified atom stereocenters. The lowest BCUT2D eigenvalue weighted by Crippen LogP contribution is -2.41. The molecule has 1 aromatic rings. The molecule has 0 heterocycles. The maximum absolute atomic E-state index is 13.9. The van der Waals surface area contributed by atoms with Crippen LogP contribution in [-0.2, 0) is 10.8 Å². The van der Waals surface area contributed by atoms with Crippen molar-refractivity contribution in [3.05, 3.63) is 35.1 Å². The number of benzene rings is 1. The lowest BCUT2D eigenvalue weighted by molar-refractivity contribution is 0.181. The van der Waals surface area contributed by atoms with Crippen LogP contribution in [0.25, 0.3) is 0 Å². The lowest BCUT2D eigenvalue weighted by atomic mass is 10.1. The predicted molar refractivity (Wildman–Crippen MR) is 75.7 cm³/mol. The van der Waals surface area contributed by atoms with Crippen molar-refractivity contribution in [2.24, 2.45) is 0 Å². The molecule has 0 fully saturated rings. The largest absolute Gasteiger partial charge is 0.410 e. The van der Waals surface area contributed by atoms with Gasteiger partial charge >= 0.3 is 0 Å². The molecule has 1 aliphatic rings. The third kappa shape index (κ3) is 2.38. The highest BCUT2D eigenvalue weighted by Crippen LogP contribution is 2.44. The number of hydrogen-bond acceptors (Lipinski definition) is 1. The minimum Gasteiger partial charge on any atom is -0.410 e. The molecule has 18 heavy (non-hydrogen) atoms. The van der Waals surface area contributed by atoms with Crippen molar-refractivity contribution < 1.29 is 8.82 Å². The first-order chi connectivity index (χ1) is 8.22. The molecule has 1 aliphatic carbocycles. The second kappa shape index (κ2) is 4.46. The van der Waals surface area contributed by atoms with Gasteiger partial charge in [0, 0.05) is 5.56 Å². The van der Waals surface area contributed by atoms with Gasteiger partial charge in [0.1, 0.15) is 5.82 Å². The van der Waals surface area contributed by atoms with E-state index in [1.807, 2.05) is 6.07 Å². The van der Waals surface area contributed by atoms with Crippen LogP contribution in [0.1, 0.15) is 44.4 Å². The molecule has 0 aliphatic heterocycles. The minimum absolute atomic E-state index is 0.0397. The van der Waals surface area contributed by atoms with E-state index in [4.69, 9.17) is 4.43 Å². The van der Waals surface area contributed by atoms with Crippen LogP contribution in [-0.4, -0.2) is 8.32 Å². The van der Waals surface area contributed by atoms with E-state index in [-0.39, 0.29) is 17.0 Å². The summed E-state index contributed by atoms with van der Waals surface area (Å²) in [5.41, 5.74) is 1.93. The van der Waals surface area contributed by atoms with Gasteiger partial charge < -0.3 is 4.43 Å². The molecule has 1 nitrogen and oxygen atoms in total. The van der Waals surface area contributed by atoms with E-state index < -0.39 is 8.32 Å². The Kier molecular flexibility index (Phi) is 3.41. The maximum atomic E-state index is 13.9. The van der Waals surface area contributed by atoms with Crippen molar-refractivity contribution in [2.75, 3.05) is 0 Å². The Balaban J connectivity index is 2.25. The first kappa shape index (κ1) is 13.8. The van der Waals surface area contributed by atoms with Crippen molar-refractivity contribution >= 4 is 8.32 Å².